The highest BCUT2D eigenvalue weighted by Gasteiger charge is 2.56. The minimum atomic E-state index is -1.99. The number of hydrogen-bond acceptors (Lipinski definition) is 20. The molecular weight excluding hydrogens is 646 g/mol. The Bertz CT molecular complexity index is 1010. The Kier molecular flexibility index (Phi) is 13.2. The molecule has 0 radical (unpaired) electrons. The number of aliphatic hydroxyl groups is 12. The Morgan fingerprint density at radius 2 is 1.04 bits per heavy atom. The molecule has 0 spiro atoms. The fourth-order valence-corrected chi connectivity index (χ4v) is 5.88. The summed E-state index contributed by atoms with van der Waals surface area (Å²) in [4.78, 5) is 12.5. The van der Waals surface area contributed by atoms with Gasteiger partial charge in [-0.25, -0.2) is 0 Å². The molecule has 0 aromatic heterocycles. The average molecular weight is 692 g/mol. The van der Waals surface area contributed by atoms with Crippen LogP contribution in [0.15, 0.2) is 0 Å². The van der Waals surface area contributed by atoms with Crippen molar-refractivity contribution in [2.45, 2.75) is 137 Å². The number of aliphatic hydroxyl groups excluding tert-OH is 12. The van der Waals surface area contributed by atoms with Gasteiger partial charge < -0.3 is 99.8 Å². The van der Waals surface area contributed by atoms with Crippen molar-refractivity contribution in [2.24, 2.45) is 0 Å². The summed E-state index contributed by atoms with van der Waals surface area (Å²) in [6.45, 7) is -0.149. The standard InChI is InChI=1S/C26H45NO20/c1-6-12(32)15(35)17(37)25(41-6)45-20-10(5-30)44-24(47-22-14(34)9(4-29)42-23(40)19(22)39)11(27-7(2)31)21(20)46-26-18(38)16(36)13(33)8(3-28)43-26/h6,8-26,28-30,32-40H,3-5H2,1-2H3,(H,27,31)/t6-,8+,9+,10+,11+,12+,13-,14-,15+,16-,17-,18+,19+,20+,21+,22-,23?,24+,25-,26-/m0/s1. The normalized spacial score (nSPS) is 51.0. The van der Waals surface area contributed by atoms with Crippen molar-refractivity contribution >= 4 is 5.91 Å². The molecule has 4 aliphatic heterocycles. The summed E-state index contributed by atoms with van der Waals surface area (Å²) in [5, 5.41) is 126. The fourth-order valence-electron chi connectivity index (χ4n) is 5.88. The fraction of sp³-hybridized carbons (Fsp3) is 0.962. The number of nitrogens with one attached hydrogen (secondary N) is 1. The molecule has 47 heavy (non-hydrogen) atoms. The van der Waals surface area contributed by atoms with Gasteiger partial charge in [-0.05, 0) is 6.92 Å². The highest BCUT2D eigenvalue weighted by atomic mass is 16.8. The Morgan fingerprint density at radius 1 is 0.553 bits per heavy atom. The molecular formula is C26H45NO20. The van der Waals surface area contributed by atoms with Crippen molar-refractivity contribution in [1.82, 2.24) is 5.32 Å². The molecule has 4 aliphatic rings. The van der Waals surface area contributed by atoms with Crippen LogP contribution in [0, 0.1) is 0 Å². The number of rotatable bonds is 10. The third-order valence-electron chi connectivity index (χ3n) is 8.57. The lowest BCUT2D eigenvalue weighted by molar-refractivity contribution is -0.384. The van der Waals surface area contributed by atoms with Gasteiger partial charge in [0.2, 0.25) is 5.91 Å². The highest BCUT2D eigenvalue weighted by Crippen LogP contribution is 2.35. The first-order chi connectivity index (χ1) is 22.1. The minimum Gasteiger partial charge on any atom is -0.394 e. The van der Waals surface area contributed by atoms with E-state index in [1.54, 1.807) is 0 Å². The van der Waals surface area contributed by atoms with E-state index in [9.17, 15) is 66.1 Å². The molecule has 4 rings (SSSR count). The topological polar surface area (TPSA) is 336 Å². The number of hydrogen-bond donors (Lipinski definition) is 13. The first-order valence-corrected chi connectivity index (χ1v) is 15.0. The molecule has 0 aromatic carbocycles. The lowest BCUT2D eigenvalue weighted by atomic mass is 9.93. The summed E-state index contributed by atoms with van der Waals surface area (Å²) < 4.78 is 39.5. The molecule has 4 fully saturated rings. The second-order valence-electron chi connectivity index (χ2n) is 11.9. The predicted octanol–water partition coefficient (Wildman–Crippen LogP) is -8.58. The van der Waals surface area contributed by atoms with Gasteiger partial charge in [-0.3, -0.25) is 4.79 Å². The largest absolute Gasteiger partial charge is 0.394 e. The Hall–Kier alpha value is -1.29. The van der Waals surface area contributed by atoms with Crippen LogP contribution >= 0.6 is 0 Å². The average Bonchev–Trinajstić information content (AvgIpc) is 3.04. The third-order valence-corrected chi connectivity index (χ3v) is 8.57. The van der Waals surface area contributed by atoms with Crippen LogP contribution in [0.2, 0.25) is 0 Å². The lowest BCUT2D eigenvalue weighted by Gasteiger charge is -2.51. The summed E-state index contributed by atoms with van der Waals surface area (Å²) in [7, 11) is 0. The van der Waals surface area contributed by atoms with Gasteiger partial charge in [0.05, 0.1) is 25.9 Å². The molecule has 21 heteroatoms. The summed E-state index contributed by atoms with van der Waals surface area (Å²) in [5.74, 6) is -0.765. The van der Waals surface area contributed by atoms with Crippen LogP contribution in [-0.2, 0) is 38.0 Å². The molecule has 21 nitrogen and oxygen atoms in total. The predicted molar refractivity (Wildman–Crippen MR) is 144 cm³/mol. The van der Waals surface area contributed by atoms with Crippen molar-refractivity contribution in [2.75, 3.05) is 19.8 Å². The van der Waals surface area contributed by atoms with Crippen LogP contribution in [0.5, 0.6) is 0 Å². The third kappa shape index (κ3) is 8.04. The quantitative estimate of drug-likeness (QED) is 0.101. The van der Waals surface area contributed by atoms with Gasteiger partial charge in [-0.2, -0.15) is 0 Å². The molecule has 1 amide bonds. The molecule has 4 heterocycles. The molecule has 0 aliphatic carbocycles. The molecule has 20 atom stereocenters. The van der Waals surface area contributed by atoms with E-state index in [0.717, 1.165) is 6.92 Å². The zero-order chi connectivity index (χ0) is 34.9. The molecule has 0 aromatic rings. The van der Waals surface area contributed by atoms with Crippen LogP contribution in [0.25, 0.3) is 0 Å². The lowest BCUT2D eigenvalue weighted by Crippen LogP contribution is -2.71. The van der Waals surface area contributed by atoms with Crippen LogP contribution in [0.1, 0.15) is 13.8 Å². The van der Waals surface area contributed by atoms with Gasteiger partial charge in [0.15, 0.2) is 25.2 Å². The van der Waals surface area contributed by atoms with E-state index in [4.69, 9.17) is 33.2 Å². The van der Waals surface area contributed by atoms with E-state index in [2.05, 4.69) is 5.32 Å². The van der Waals surface area contributed by atoms with E-state index in [-0.39, 0.29) is 0 Å². The molecule has 4 saturated heterocycles. The Morgan fingerprint density at radius 3 is 1.62 bits per heavy atom. The first kappa shape index (κ1) is 38.5. The molecule has 1 unspecified atom stereocenters. The Labute approximate surface area is 267 Å². The van der Waals surface area contributed by atoms with Gasteiger partial charge in [-0.1, -0.05) is 0 Å². The van der Waals surface area contributed by atoms with Crippen molar-refractivity contribution in [3.8, 4) is 0 Å². The summed E-state index contributed by atoms with van der Waals surface area (Å²) in [5.41, 5.74) is 0. The van der Waals surface area contributed by atoms with E-state index >= 15 is 0 Å². The monoisotopic (exact) mass is 691 g/mol. The first-order valence-electron chi connectivity index (χ1n) is 15.0. The zero-order valence-electron chi connectivity index (χ0n) is 25.3. The maximum Gasteiger partial charge on any atom is 0.217 e. The zero-order valence-corrected chi connectivity index (χ0v) is 25.3. The van der Waals surface area contributed by atoms with Gasteiger partial charge in [-0.15, -0.1) is 0 Å². The highest BCUT2D eigenvalue weighted by molar-refractivity contribution is 5.73. The Balaban J connectivity index is 1.73. The summed E-state index contributed by atoms with van der Waals surface area (Å²) in [6, 6.07) is -1.62. The van der Waals surface area contributed by atoms with E-state index in [0.29, 0.717) is 0 Å². The van der Waals surface area contributed by atoms with Crippen molar-refractivity contribution in [1.29, 1.82) is 0 Å². The number of carbonyl (C=O) groups is 1. The maximum atomic E-state index is 12.5. The molecule has 13 N–H and O–H groups in total. The van der Waals surface area contributed by atoms with Crippen LogP contribution in [0.4, 0.5) is 0 Å². The SMILES string of the molecule is CC(=O)N[C@H]1[C@@H](O[C@H]2[C@@H](O)[C@@H](CO)OC(O)[C@@H]2O)O[C@H](CO)[C@@H](O[C@@H]2O[C@@H](C)[C@@H](O)[C@@H](O)[C@@H]2O)[C@@H]1O[C@@H]1O[C@H](CO)[C@H](O)[C@H](O)[C@H]1O. The second kappa shape index (κ2) is 16.2. The number of ether oxygens (including phenoxy) is 7. The van der Waals surface area contributed by atoms with E-state index < -0.39 is 148 Å². The van der Waals surface area contributed by atoms with Gasteiger partial charge in [0.25, 0.3) is 0 Å². The summed E-state index contributed by atoms with van der Waals surface area (Å²) >= 11 is 0. The number of amides is 1. The second-order valence-corrected chi connectivity index (χ2v) is 11.9. The molecule has 274 valence electrons. The number of carbonyl (C=O) groups excluding carboxylic acids is 1. The van der Waals surface area contributed by atoms with Crippen LogP contribution in [-0.4, -0.2) is 210 Å². The summed E-state index contributed by atoms with van der Waals surface area (Å²) in [6.07, 6.45) is -32.7. The van der Waals surface area contributed by atoms with E-state index in [1.807, 2.05) is 0 Å². The van der Waals surface area contributed by atoms with Crippen LogP contribution < -0.4 is 5.32 Å². The van der Waals surface area contributed by atoms with Gasteiger partial charge >= 0.3 is 0 Å². The minimum absolute atomic E-state index is 0.765. The molecule has 0 saturated carbocycles. The van der Waals surface area contributed by atoms with Crippen molar-refractivity contribution in [3.63, 3.8) is 0 Å². The maximum absolute atomic E-state index is 12.5. The van der Waals surface area contributed by atoms with E-state index in [1.165, 1.54) is 6.92 Å². The van der Waals surface area contributed by atoms with Crippen molar-refractivity contribution in [3.05, 3.63) is 0 Å². The van der Waals surface area contributed by atoms with Crippen LogP contribution in [0.3, 0.4) is 0 Å². The smallest absolute Gasteiger partial charge is 0.217 e. The van der Waals surface area contributed by atoms with Gasteiger partial charge in [0, 0.05) is 6.92 Å². The molecule has 0 bridgehead atoms. The van der Waals surface area contributed by atoms with Gasteiger partial charge in [0.1, 0.15) is 91.5 Å². The van der Waals surface area contributed by atoms with Crippen molar-refractivity contribution < 1.29 is 99.2 Å².